The summed E-state index contributed by atoms with van der Waals surface area (Å²) in [6.45, 7) is -0.452. The van der Waals surface area contributed by atoms with E-state index in [-0.39, 0.29) is 18.4 Å². The fraction of sp³-hybridized carbons (Fsp3) is 0.714. The molecule has 0 atom stereocenters. The topological polar surface area (TPSA) is 51.0 Å². The molecule has 1 fully saturated rings. The standard InChI is InChI=1S/C7H9F2N3O.ClH/c8-5(9)3-10-7-11-6(12-13-7)4-1-2-4;/h4-5H,1-3H2,(H,10,11,12);1H. The predicted molar refractivity (Wildman–Crippen MR) is 48.0 cm³/mol. The zero-order valence-electron chi connectivity index (χ0n) is 7.24. The molecule has 4 nitrogen and oxygen atoms in total. The number of hydrogen-bond donors (Lipinski definition) is 1. The van der Waals surface area contributed by atoms with Crippen LogP contribution in [0, 0.1) is 0 Å². The fourth-order valence-electron chi connectivity index (χ4n) is 0.978. The first-order chi connectivity index (χ1) is 6.25. The van der Waals surface area contributed by atoms with Gasteiger partial charge in [0.1, 0.15) is 0 Å². The summed E-state index contributed by atoms with van der Waals surface area (Å²) < 4.78 is 28.2. The molecule has 2 rings (SSSR count). The average molecular weight is 226 g/mol. The minimum Gasteiger partial charge on any atom is -0.332 e. The maximum Gasteiger partial charge on any atom is 0.321 e. The van der Waals surface area contributed by atoms with Crippen LogP contribution in [0.15, 0.2) is 4.52 Å². The van der Waals surface area contributed by atoms with Crippen LogP contribution in [0.4, 0.5) is 14.8 Å². The van der Waals surface area contributed by atoms with Crippen molar-refractivity contribution >= 4 is 18.4 Å². The number of alkyl halides is 2. The Morgan fingerprint density at radius 1 is 1.50 bits per heavy atom. The summed E-state index contributed by atoms with van der Waals surface area (Å²) in [6.07, 6.45) is -0.280. The monoisotopic (exact) mass is 225 g/mol. The number of hydrogen-bond acceptors (Lipinski definition) is 4. The highest BCUT2D eigenvalue weighted by Crippen LogP contribution is 2.38. The molecule has 1 aliphatic carbocycles. The van der Waals surface area contributed by atoms with E-state index in [1.54, 1.807) is 0 Å². The molecule has 0 spiro atoms. The van der Waals surface area contributed by atoms with E-state index in [0.29, 0.717) is 11.7 Å². The van der Waals surface area contributed by atoms with Crippen LogP contribution in [-0.2, 0) is 0 Å². The van der Waals surface area contributed by atoms with E-state index in [0.717, 1.165) is 12.8 Å². The number of rotatable bonds is 4. The highest BCUT2D eigenvalue weighted by Gasteiger charge is 2.28. The molecule has 0 radical (unpaired) electrons. The van der Waals surface area contributed by atoms with Crippen molar-refractivity contribution in [3.8, 4) is 0 Å². The second-order valence-corrected chi connectivity index (χ2v) is 3.00. The molecule has 14 heavy (non-hydrogen) atoms. The van der Waals surface area contributed by atoms with Gasteiger partial charge in [-0.1, -0.05) is 5.16 Å². The van der Waals surface area contributed by atoms with Gasteiger partial charge < -0.3 is 9.84 Å². The summed E-state index contributed by atoms with van der Waals surface area (Å²) in [7, 11) is 0. The van der Waals surface area contributed by atoms with E-state index in [4.69, 9.17) is 4.52 Å². The lowest BCUT2D eigenvalue weighted by atomic mass is 10.4. The third-order valence-corrected chi connectivity index (χ3v) is 1.79. The third-order valence-electron chi connectivity index (χ3n) is 1.79. The number of anilines is 1. The summed E-state index contributed by atoms with van der Waals surface area (Å²) in [5, 5.41) is 6.02. The summed E-state index contributed by atoms with van der Waals surface area (Å²) in [5.74, 6) is 1.00. The van der Waals surface area contributed by atoms with Gasteiger partial charge in [-0.05, 0) is 12.8 Å². The minimum atomic E-state index is -2.41. The number of aromatic nitrogens is 2. The summed E-state index contributed by atoms with van der Waals surface area (Å²) >= 11 is 0. The number of halogens is 3. The van der Waals surface area contributed by atoms with E-state index in [1.807, 2.05) is 0 Å². The Hall–Kier alpha value is -0.910. The van der Waals surface area contributed by atoms with Crippen LogP contribution in [0.25, 0.3) is 0 Å². The van der Waals surface area contributed by atoms with Gasteiger partial charge in [0.2, 0.25) is 0 Å². The molecule has 1 aromatic rings. The van der Waals surface area contributed by atoms with Crippen LogP contribution >= 0.6 is 12.4 Å². The lowest BCUT2D eigenvalue weighted by Gasteiger charge is -1.96. The van der Waals surface area contributed by atoms with Crippen LogP contribution in [0.1, 0.15) is 24.6 Å². The van der Waals surface area contributed by atoms with Crippen molar-refractivity contribution in [1.82, 2.24) is 10.1 Å². The number of nitrogens with zero attached hydrogens (tertiary/aromatic N) is 2. The van der Waals surface area contributed by atoms with Gasteiger partial charge in [-0.2, -0.15) is 4.98 Å². The molecule has 1 saturated carbocycles. The van der Waals surface area contributed by atoms with E-state index >= 15 is 0 Å². The van der Waals surface area contributed by atoms with Gasteiger partial charge >= 0.3 is 6.01 Å². The Balaban J connectivity index is 0.000000980. The molecule has 1 heterocycles. The van der Waals surface area contributed by atoms with Crippen molar-refractivity contribution in [3.63, 3.8) is 0 Å². The zero-order chi connectivity index (χ0) is 9.26. The predicted octanol–water partition coefficient (Wildman–Crippen LogP) is 2.05. The minimum absolute atomic E-state index is 0. The third kappa shape index (κ3) is 2.80. The molecule has 0 bridgehead atoms. The van der Waals surface area contributed by atoms with Crippen molar-refractivity contribution in [3.05, 3.63) is 5.82 Å². The van der Waals surface area contributed by atoms with Crippen LogP contribution in [0.3, 0.4) is 0 Å². The second kappa shape index (κ2) is 4.54. The van der Waals surface area contributed by atoms with Crippen LogP contribution in [0.2, 0.25) is 0 Å². The molecule has 1 aliphatic rings. The largest absolute Gasteiger partial charge is 0.332 e. The Morgan fingerprint density at radius 2 is 2.21 bits per heavy atom. The Bertz CT molecular complexity index is 290. The van der Waals surface area contributed by atoms with Gasteiger partial charge in [0.15, 0.2) is 5.82 Å². The maximum atomic E-state index is 11.7. The average Bonchev–Trinajstić information content (AvgIpc) is 2.83. The van der Waals surface area contributed by atoms with Gasteiger partial charge in [-0.3, -0.25) is 0 Å². The lowest BCUT2D eigenvalue weighted by molar-refractivity contribution is 0.162. The number of nitrogens with one attached hydrogen (secondary N) is 1. The Kier molecular flexibility index (Phi) is 3.62. The molecule has 1 aromatic heterocycles. The molecular formula is C7H10ClF2N3O. The van der Waals surface area contributed by atoms with Crippen molar-refractivity contribution in [1.29, 1.82) is 0 Å². The van der Waals surface area contributed by atoms with Gasteiger partial charge in [0.25, 0.3) is 6.43 Å². The summed E-state index contributed by atoms with van der Waals surface area (Å²) in [6, 6.07) is 0.0854. The van der Waals surface area contributed by atoms with Gasteiger partial charge in [-0.15, -0.1) is 12.4 Å². The molecule has 0 aliphatic heterocycles. The van der Waals surface area contributed by atoms with Crippen LogP contribution in [-0.4, -0.2) is 23.1 Å². The first-order valence-corrected chi connectivity index (χ1v) is 4.11. The SMILES string of the molecule is Cl.FC(F)CNc1nc(C2CC2)no1. The second-order valence-electron chi connectivity index (χ2n) is 3.00. The molecule has 0 aromatic carbocycles. The van der Waals surface area contributed by atoms with Crippen LogP contribution in [0.5, 0.6) is 0 Å². The zero-order valence-corrected chi connectivity index (χ0v) is 8.06. The molecular weight excluding hydrogens is 216 g/mol. The van der Waals surface area contributed by atoms with E-state index < -0.39 is 13.0 Å². The quantitative estimate of drug-likeness (QED) is 0.852. The first-order valence-electron chi connectivity index (χ1n) is 4.11. The highest BCUT2D eigenvalue weighted by atomic mass is 35.5. The van der Waals surface area contributed by atoms with Crippen molar-refractivity contribution < 1.29 is 13.3 Å². The molecule has 80 valence electrons. The molecule has 1 N–H and O–H groups in total. The van der Waals surface area contributed by atoms with Gasteiger partial charge in [-0.25, -0.2) is 8.78 Å². The van der Waals surface area contributed by atoms with Crippen molar-refractivity contribution in [2.45, 2.75) is 25.2 Å². The molecule has 0 unspecified atom stereocenters. The fourth-order valence-corrected chi connectivity index (χ4v) is 0.978. The normalized spacial score (nSPS) is 15.4. The van der Waals surface area contributed by atoms with Crippen LogP contribution < -0.4 is 5.32 Å². The van der Waals surface area contributed by atoms with Crippen molar-refractivity contribution in [2.24, 2.45) is 0 Å². The maximum absolute atomic E-state index is 11.7. The summed E-state index contributed by atoms with van der Waals surface area (Å²) in [5.41, 5.74) is 0. The van der Waals surface area contributed by atoms with E-state index in [1.165, 1.54) is 0 Å². The lowest BCUT2D eigenvalue weighted by Crippen LogP contribution is -2.10. The van der Waals surface area contributed by atoms with E-state index in [9.17, 15) is 8.78 Å². The highest BCUT2D eigenvalue weighted by molar-refractivity contribution is 5.85. The van der Waals surface area contributed by atoms with Gasteiger partial charge in [0.05, 0.1) is 6.54 Å². The van der Waals surface area contributed by atoms with Crippen molar-refractivity contribution in [2.75, 3.05) is 11.9 Å². The van der Waals surface area contributed by atoms with Gasteiger partial charge in [0, 0.05) is 5.92 Å². The van der Waals surface area contributed by atoms with E-state index in [2.05, 4.69) is 15.5 Å². The first kappa shape index (κ1) is 11.2. The Labute approximate surface area is 85.5 Å². The molecule has 0 saturated heterocycles. The molecule has 7 heteroatoms. The Morgan fingerprint density at radius 3 is 2.79 bits per heavy atom. The molecule has 0 amide bonds. The summed E-state index contributed by atoms with van der Waals surface area (Å²) in [4.78, 5) is 3.92. The smallest absolute Gasteiger partial charge is 0.321 e.